The average molecular weight is 277 g/mol. The van der Waals surface area contributed by atoms with Crippen LogP contribution in [0.15, 0.2) is 24.3 Å². The van der Waals surface area contributed by atoms with Crippen molar-refractivity contribution in [2.24, 2.45) is 0 Å². The molecule has 0 saturated carbocycles. The predicted molar refractivity (Wildman–Crippen MR) is 77.3 cm³/mol. The minimum atomic E-state index is 0.487. The molecule has 0 amide bonds. The molecule has 1 N–H and O–H groups in total. The third-order valence-corrected chi connectivity index (χ3v) is 4.04. The van der Waals surface area contributed by atoms with Crippen LogP contribution < -0.4 is 5.32 Å². The van der Waals surface area contributed by atoms with Crippen LogP contribution in [0.3, 0.4) is 0 Å². The van der Waals surface area contributed by atoms with Crippen molar-refractivity contribution in [1.29, 1.82) is 5.26 Å². The van der Waals surface area contributed by atoms with Gasteiger partial charge in [0.25, 0.3) is 0 Å². The SMILES string of the molecule is Cc1cc(CNc2ccc(C#N)c(Cl)c2)c(C)s1. The molecule has 0 aliphatic carbocycles. The van der Waals surface area contributed by atoms with Gasteiger partial charge in [-0.05, 0) is 43.7 Å². The Hall–Kier alpha value is -1.50. The summed E-state index contributed by atoms with van der Waals surface area (Å²) in [4.78, 5) is 2.65. The molecule has 2 rings (SSSR count). The van der Waals surface area contributed by atoms with Gasteiger partial charge in [0, 0.05) is 22.0 Å². The molecule has 0 radical (unpaired) electrons. The van der Waals surface area contributed by atoms with Gasteiger partial charge in [-0.1, -0.05) is 11.6 Å². The molecule has 92 valence electrons. The van der Waals surface area contributed by atoms with Gasteiger partial charge in [0.05, 0.1) is 10.6 Å². The zero-order chi connectivity index (χ0) is 13.1. The van der Waals surface area contributed by atoms with Crippen molar-refractivity contribution in [3.63, 3.8) is 0 Å². The molecule has 2 aromatic rings. The number of nitrogens with one attached hydrogen (secondary N) is 1. The summed E-state index contributed by atoms with van der Waals surface area (Å²) >= 11 is 7.79. The molecule has 0 aliphatic heterocycles. The lowest BCUT2D eigenvalue weighted by molar-refractivity contribution is 1.14. The normalized spacial score (nSPS) is 10.1. The maximum Gasteiger partial charge on any atom is 0.101 e. The minimum absolute atomic E-state index is 0.487. The fourth-order valence-corrected chi connectivity index (χ4v) is 2.94. The molecule has 0 aliphatic rings. The quantitative estimate of drug-likeness (QED) is 0.896. The Morgan fingerprint density at radius 1 is 1.33 bits per heavy atom. The predicted octanol–water partition coefficient (Wildman–Crippen LogP) is 4.50. The maximum atomic E-state index is 8.80. The second-order valence-electron chi connectivity index (χ2n) is 4.10. The van der Waals surface area contributed by atoms with Crippen LogP contribution in [0.5, 0.6) is 0 Å². The summed E-state index contributed by atoms with van der Waals surface area (Å²) in [6.45, 7) is 5.01. The Kier molecular flexibility index (Phi) is 3.90. The second kappa shape index (κ2) is 5.43. The summed E-state index contributed by atoms with van der Waals surface area (Å²) in [6, 6.07) is 9.64. The Labute approximate surface area is 116 Å². The lowest BCUT2D eigenvalue weighted by Crippen LogP contribution is -1.99. The maximum absolute atomic E-state index is 8.80. The van der Waals surface area contributed by atoms with E-state index in [4.69, 9.17) is 16.9 Å². The van der Waals surface area contributed by atoms with Crippen molar-refractivity contribution < 1.29 is 0 Å². The van der Waals surface area contributed by atoms with Gasteiger partial charge in [-0.3, -0.25) is 0 Å². The zero-order valence-corrected chi connectivity index (χ0v) is 11.8. The first kappa shape index (κ1) is 12.9. The Morgan fingerprint density at radius 2 is 2.11 bits per heavy atom. The third kappa shape index (κ3) is 2.84. The summed E-state index contributed by atoms with van der Waals surface area (Å²) in [5.74, 6) is 0. The van der Waals surface area contributed by atoms with Crippen molar-refractivity contribution in [2.75, 3.05) is 5.32 Å². The van der Waals surface area contributed by atoms with Crippen LogP contribution in [-0.4, -0.2) is 0 Å². The van der Waals surface area contributed by atoms with E-state index in [1.54, 1.807) is 23.5 Å². The first-order valence-corrected chi connectivity index (χ1v) is 6.79. The van der Waals surface area contributed by atoms with E-state index >= 15 is 0 Å². The Bertz CT molecular complexity index is 611. The van der Waals surface area contributed by atoms with Crippen LogP contribution in [0.2, 0.25) is 5.02 Å². The molecule has 0 bridgehead atoms. The van der Waals surface area contributed by atoms with Gasteiger partial charge in [0.1, 0.15) is 6.07 Å². The van der Waals surface area contributed by atoms with Crippen molar-refractivity contribution >= 4 is 28.6 Å². The molecular formula is C14H13ClN2S. The highest BCUT2D eigenvalue weighted by Crippen LogP contribution is 2.23. The third-order valence-electron chi connectivity index (χ3n) is 2.72. The fourth-order valence-electron chi connectivity index (χ4n) is 1.77. The van der Waals surface area contributed by atoms with Crippen LogP contribution in [0.25, 0.3) is 0 Å². The highest BCUT2D eigenvalue weighted by Gasteiger charge is 2.04. The van der Waals surface area contributed by atoms with Gasteiger partial charge >= 0.3 is 0 Å². The number of benzene rings is 1. The van der Waals surface area contributed by atoms with E-state index in [-0.39, 0.29) is 0 Å². The monoisotopic (exact) mass is 276 g/mol. The standard InChI is InChI=1S/C14H13ClN2S/c1-9-5-12(10(2)18-9)8-17-13-4-3-11(7-16)14(15)6-13/h3-6,17H,8H2,1-2H3. The summed E-state index contributed by atoms with van der Waals surface area (Å²) in [5.41, 5.74) is 2.74. The fraction of sp³-hybridized carbons (Fsp3) is 0.214. The highest BCUT2D eigenvalue weighted by molar-refractivity contribution is 7.12. The van der Waals surface area contributed by atoms with E-state index < -0.39 is 0 Å². The minimum Gasteiger partial charge on any atom is -0.381 e. The van der Waals surface area contributed by atoms with Crippen LogP contribution in [0, 0.1) is 25.2 Å². The van der Waals surface area contributed by atoms with Gasteiger partial charge in [0.2, 0.25) is 0 Å². The second-order valence-corrected chi connectivity index (χ2v) is 5.97. The van der Waals surface area contributed by atoms with E-state index in [0.29, 0.717) is 10.6 Å². The van der Waals surface area contributed by atoms with Crippen LogP contribution in [0.4, 0.5) is 5.69 Å². The van der Waals surface area contributed by atoms with Gasteiger partial charge in [0.15, 0.2) is 0 Å². The number of halogens is 1. The number of rotatable bonds is 3. The number of nitrogens with zero attached hydrogens (tertiary/aromatic N) is 1. The van der Waals surface area contributed by atoms with E-state index in [9.17, 15) is 0 Å². The first-order chi connectivity index (χ1) is 8.60. The molecular weight excluding hydrogens is 264 g/mol. The van der Waals surface area contributed by atoms with Crippen LogP contribution in [0.1, 0.15) is 20.9 Å². The Morgan fingerprint density at radius 3 is 2.67 bits per heavy atom. The van der Waals surface area contributed by atoms with Gasteiger partial charge in [-0.2, -0.15) is 5.26 Å². The van der Waals surface area contributed by atoms with Gasteiger partial charge in [-0.15, -0.1) is 11.3 Å². The number of hydrogen-bond donors (Lipinski definition) is 1. The lowest BCUT2D eigenvalue weighted by atomic mass is 10.2. The summed E-state index contributed by atoms with van der Waals surface area (Å²) in [7, 11) is 0. The van der Waals surface area contributed by atoms with Crippen molar-refractivity contribution in [2.45, 2.75) is 20.4 Å². The molecule has 0 saturated heterocycles. The molecule has 1 heterocycles. The van der Waals surface area contributed by atoms with E-state index in [0.717, 1.165) is 12.2 Å². The molecule has 2 nitrogen and oxygen atoms in total. The van der Waals surface area contributed by atoms with E-state index in [1.165, 1.54) is 15.3 Å². The Balaban J connectivity index is 2.09. The molecule has 0 fully saturated rings. The number of anilines is 1. The van der Waals surface area contributed by atoms with E-state index in [1.807, 2.05) is 6.07 Å². The number of aryl methyl sites for hydroxylation is 2. The van der Waals surface area contributed by atoms with E-state index in [2.05, 4.69) is 31.3 Å². The van der Waals surface area contributed by atoms with Crippen molar-refractivity contribution in [3.8, 4) is 6.07 Å². The smallest absolute Gasteiger partial charge is 0.101 e. The number of nitriles is 1. The van der Waals surface area contributed by atoms with Gasteiger partial charge < -0.3 is 5.32 Å². The summed E-state index contributed by atoms with van der Waals surface area (Å²) < 4.78 is 0. The molecule has 1 aromatic heterocycles. The number of thiophene rings is 1. The highest BCUT2D eigenvalue weighted by atomic mass is 35.5. The summed E-state index contributed by atoms with van der Waals surface area (Å²) in [5, 5.41) is 12.6. The van der Waals surface area contributed by atoms with Crippen molar-refractivity contribution in [3.05, 3.63) is 50.2 Å². The molecule has 0 unspecified atom stereocenters. The average Bonchev–Trinajstić information content (AvgIpc) is 2.65. The topological polar surface area (TPSA) is 35.8 Å². The first-order valence-electron chi connectivity index (χ1n) is 5.59. The largest absolute Gasteiger partial charge is 0.381 e. The van der Waals surface area contributed by atoms with Crippen molar-refractivity contribution in [1.82, 2.24) is 0 Å². The molecule has 4 heteroatoms. The zero-order valence-electron chi connectivity index (χ0n) is 10.2. The molecule has 1 aromatic carbocycles. The summed E-state index contributed by atoms with van der Waals surface area (Å²) in [6.07, 6.45) is 0. The van der Waals surface area contributed by atoms with Gasteiger partial charge in [-0.25, -0.2) is 0 Å². The molecule has 0 atom stereocenters. The van der Waals surface area contributed by atoms with Crippen LogP contribution in [-0.2, 0) is 6.54 Å². The molecule has 18 heavy (non-hydrogen) atoms. The number of hydrogen-bond acceptors (Lipinski definition) is 3. The molecule has 0 spiro atoms. The lowest BCUT2D eigenvalue weighted by Gasteiger charge is -2.07. The van der Waals surface area contributed by atoms with Crippen LogP contribution >= 0.6 is 22.9 Å².